The van der Waals surface area contributed by atoms with Crippen LogP contribution in [-0.2, 0) is 16.0 Å². The third-order valence-electron chi connectivity index (χ3n) is 3.17. The van der Waals surface area contributed by atoms with Crippen LogP contribution in [-0.4, -0.2) is 37.9 Å². The molecule has 0 fully saturated rings. The number of methoxy groups -OCH3 is 1. The van der Waals surface area contributed by atoms with Gasteiger partial charge in [-0.15, -0.1) is 11.6 Å². The second-order valence-corrected chi connectivity index (χ2v) is 4.90. The molecule has 0 radical (unpaired) electrons. The third kappa shape index (κ3) is 3.29. The maximum atomic E-state index is 12.1. The Labute approximate surface area is 123 Å². The van der Waals surface area contributed by atoms with Crippen LogP contribution in [0.1, 0.15) is 12.0 Å². The van der Waals surface area contributed by atoms with Gasteiger partial charge in [0.05, 0.1) is 11.6 Å². The average Bonchev–Trinajstić information content (AvgIpc) is 2.46. The molecule has 108 valence electrons. The molecule has 5 nitrogen and oxygen atoms in total. The number of carbonyl (C=O) groups is 1. The molecule has 2 rings (SSSR count). The zero-order chi connectivity index (χ0) is 14.5. The standard InChI is InChI=1S/C14H18ClN3O2/c1-20-9-14(19)18-6-2-3-10-4-5-11(7-12(10)18)17-13(16)8-15/h4-5,7H,2-3,6,8-9H2,1H3,(H2,16,17). The van der Waals surface area contributed by atoms with Crippen LogP contribution < -0.4 is 10.6 Å². The number of aryl methyl sites for hydroxylation is 1. The summed E-state index contributed by atoms with van der Waals surface area (Å²) in [5, 5.41) is 0. The number of amidine groups is 1. The van der Waals surface area contributed by atoms with E-state index in [0.29, 0.717) is 18.1 Å². The zero-order valence-electron chi connectivity index (χ0n) is 11.4. The number of carbonyl (C=O) groups excluding carboxylic acids is 1. The smallest absolute Gasteiger partial charge is 0.252 e. The molecular weight excluding hydrogens is 278 g/mol. The number of hydrogen-bond donors (Lipinski definition) is 1. The summed E-state index contributed by atoms with van der Waals surface area (Å²) < 4.78 is 4.93. The Morgan fingerprint density at radius 1 is 1.55 bits per heavy atom. The fourth-order valence-corrected chi connectivity index (χ4v) is 2.35. The lowest BCUT2D eigenvalue weighted by Crippen LogP contribution is -2.37. The first-order valence-electron chi connectivity index (χ1n) is 6.47. The Balaban J connectivity index is 2.33. The van der Waals surface area contributed by atoms with Gasteiger partial charge in [0.2, 0.25) is 0 Å². The van der Waals surface area contributed by atoms with E-state index in [0.717, 1.165) is 24.1 Å². The van der Waals surface area contributed by atoms with Crippen molar-refractivity contribution in [2.24, 2.45) is 10.7 Å². The molecule has 0 aromatic heterocycles. The van der Waals surface area contributed by atoms with Crippen LogP contribution in [0.5, 0.6) is 0 Å². The van der Waals surface area contributed by atoms with Gasteiger partial charge in [-0.25, -0.2) is 4.99 Å². The minimum absolute atomic E-state index is 0.0418. The number of rotatable bonds is 4. The molecule has 0 aliphatic carbocycles. The highest BCUT2D eigenvalue weighted by atomic mass is 35.5. The van der Waals surface area contributed by atoms with Crippen LogP contribution in [0.15, 0.2) is 23.2 Å². The number of benzene rings is 1. The molecule has 1 aliphatic heterocycles. The van der Waals surface area contributed by atoms with Gasteiger partial charge >= 0.3 is 0 Å². The number of ether oxygens (including phenoxy) is 1. The van der Waals surface area contributed by atoms with Gasteiger partial charge in [0, 0.05) is 19.3 Å². The van der Waals surface area contributed by atoms with Crippen molar-refractivity contribution in [2.75, 3.05) is 31.0 Å². The van der Waals surface area contributed by atoms with Crippen molar-refractivity contribution in [2.45, 2.75) is 12.8 Å². The Kier molecular flexibility index (Phi) is 4.98. The lowest BCUT2D eigenvalue weighted by molar-refractivity contribution is -0.122. The molecule has 20 heavy (non-hydrogen) atoms. The summed E-state index contributed by atoms with van der Waals surface area (Å²) in [6.45, 7) is 0.782. The fraction of sp³-hybridized carbons (Fsp3) is 0.429. The molecule has 1 heterocycles. The molecule has 0 unspecified atom stereocenters. The number of nitrogens with two attached hydrogens (primary N) is 1. The highest BCUT2D eigenvalue weighted by molar-refractivity contribution is 6.28. The number of nitrogens with zero attached hydrogens (tertiary/aromatic N) is 2. The molecule has 1 aromatic carbocycles. The summed E-state index contributed by atoms with van der Waals surface area (Å²) in [5.74, 6) is 0.501. The van der Waals surface area contributed by atoms with Crippen molar-refractivity contribution >= 4 is 34.7 Å². The van der Waals surface area contributed by atoms with Crippen LogP contribution in [0.25, 0.3) is 0 Å². The quantitative estimate of drug-likeness (QED) is 0.523. The normalized spacial score (nSPS) is 15.1. The Morgan fingerprint density at radius 3 is 3.05 bits per heavy atom. The first-order valence-corrected chi connectivity index (χ1v) is 7.00. The number of halogens is 1. The monoisotopic (exact) mass is 295 g/mol. The maximum Gasteiger partial charge on any atom is 0.252 e. The van der Waals surface area contributed by atoms with Gasteiger partial charge in [0.1, 0.15) is 12.4 Å². The van der Waals surface area contributed by atoms with Crippen molar-refractivity contribution < 1.29 is 9.53 Å². The minimum atomic E-state index is -0.0418. The van der Waals surface area contributed by atoms with Crippen LogP contribution >= 0.6 is 11.6 Å². The number of aliphatic imine (C=N–C) groups is 1. The van der Waals surface area contributed by atoms with Crippen molar-refractivity contribution in [3.05, 3.63) is 23.8 Å². The van der Waals surface area contributed by atoms with E-state index in [-0.39, 0.29) is 18.4 Å². The van der Waals surface area contributed by atoms with E-state index < -0.39 is 0 Å². The molecule has 1 aliphatic rings. The first-order chi connectivity index (χ1) is 9.65. The van der Waals surface area contributed by atoms with Gasteiger partial charge in [-0.1, -0.05) is 6.07 Å². The van der Waals surface area contributed by atoms with Crippen LogP contribution in [0.4, 0.5) is 11.4 Å². The number of amides is 1. The molecule has 2 N–H and O–H groups in total. The Hall–Kier alpha value is -1.59. The average molecular weight is 296 g/mol. The van der Waals surface area contributed by atoms with Crippen LogP contribution in [0, 0.1) is 0 Å². The van der Waals surface area contributed by atoms with Crippen LogP contribution in [0.2, 0.25) is 0 Å². The molecule has 1 amide bonds. The Morgan fingerprint density at radius 2 is 2.35 bits per heavy atom. The van der Waals surface area contributed by atoms with Gasteiger partial charge in [0.25, 0.3) is 5.91 Å². The van der Waals surface area contributed by atoms with E-state index in [4.69, 9.17) is 22.1 Å². The van der Waals surface area contributed by atoms with Crippen molar-refractivity contribution in [3.63, 3.8) is 0 Å². The van der Waals surface area contributed by atoms with E-state index in [1.54, 1.807) is 4.90 Å². The highest BCUT2D eigenvalue weighted by Crippen LogP contribution is 2.31. The molecule has 0 saturated carbocycles. The molecule has 0 bridgehead atoms. The van der Waals surface area contributed by atoms with Gasteiger partial charge in [-0.05, 0) is 30.5 Å². The lowest BCUT2D eigenvalue weighted by atomic mass is 10.0. The third-order valence-corrected chi connectivity index (χ3v) is 3.44. The first kappa shape index (κ1) is 14.8. The minimum Gasteiger partial charge on any atom is -0.386 e. The van der Waals surface area contributed by atoms with E-state index in [9.17, 15) is 4.79 Å². The van der Waals surface area contributed by atoms with E-state index in [1.807, 2.05) is 18.2 Å². The summed E-state index contributed by atoms with van der Waals surface area (Å²) in [4.78, 5) is 18.0. The van der Waals surface area contributed by atoms with Gasteiger partial charge < -0.3 is 15.4 Å². The van der Waals surface area contributed by atoms with Crippen molar-refractivity contribution in [1.82, 2.24) is 0 Å². The number of anilines is 1. The molecule has 0 atom stereocenters. The zero-order valence-corrected chi connectivity index (χ0v) is 12.2. The van der Waals surface area contributed by atoms with Gasteiger partial charge in [0.15, 0.2) is 0 Å². The summed E-state index contributed by atoms with van der Waals surface area (Å²) in [7, 11) is 1.52. The molecule has 0 saturated heterocycles. The summed E-state index contributed by atoms with van der Waals surface area (Å²) in [5.41, 5.74) is 8.38. The maximum absolute atomic E-state index is 12.1. The van der Waals surface area contributed by atoms with E-state index in [1.165, 1.54) is 7.11 Å². The van der Waals surface area contributed by atoms with E-state index in [2.05, 4.69) is 4.99 Å². The SMILES string of the molecule is COCC(=O)N1CCCc2ccc(N=C(N)CCl)cc21. The van der Waals surface area contributed by atoms with E-state index >= 15 is 0 Å². The fourth-order valence-electron chi connectivity index (χ4n) is 2.29. The van der Waals surface area contributed by atoms with Crippen molar-refractivity contribution in [1.29, 1.82) is 0 Å². The predicted molar refractivity (Wildman–Crippen MR) is 81.0 cm³/mol. The number of hydrogen-bond acceptors (Lipinski definition) is 3. The second-order valence-electron chi connectivity index (χ2n) is 4.63. The number of alkyl halides is 1. The van der Waals surface area contributed by atoms with Crippen molar-refractivity contribution in [3.8, 4) is 0 Å². The summed E-state index contributed by atoms with van der Waals surface area (Å²) in [6, 6.07) is 5.76. The predicted octanol–water partition coefficient (Wildman–Crippen LogP) is 1.84. The van der Waals surface area contributed by atoms with Gasteiger partial charge in [-0.3, -0.25) is 4.79 Å². The molecular formula is C14H18ClN3O2. The summed E-state index contributed by atoms with van der Waals surface area (Å²) in [6.07, 6.45) is 1.91. The summed E-state index contributed by atoms with van der Waals surface area (Å²) >= 11 is 5.63. The van der Waals surface area contributed by atoms with Crippen LogP contribution in [0.3, 0.4) is 0 Å². The second kappa shape index (κ2) is 6.72. The number of fused-ring (bicyclic) bond motifs is 1. The Bertz CT molecular complexity index is 531. The highest BCUT2D eigenvalue weighted by Gasteiger charge is 2.22. The van der Waals surface area contributed by atoms with Gasteiger partial charge in [-0.2, -0.15) is 0 Å². The lowest BCUT2D eigenvalue weighted by Gasteiger charge is -2.29. The topological polar surface area (TPSA) is 67.9 Å². The molecule has 0 spiro atoms. The molecule has 6 heteroatoms. The molecule has 1 aromatic rings. The largest absolute Gasteiger partial charge is 0.386 e.